The van der Waals surface area contributed by atoms with Gasteiger partial charge < -0.3 is 31.4 Å². The minimum atomic E-state index is -0.908. The van der Waals surface area contributed by atoms with Crippen molar-refractivity contribution < 1.29 is 52.3 Å². The molecular weight excluding hydrogens is 762 g/mol. The van der Waals surface area contributed by atoms with Crippen LogP contribution in [0.15, 0.2) is 108 Å². The van der Waals surface area contributed by atoms with Gasteiger partial charge in [0.2, 0.25) is 11.7 Å². The number of halogens is 1. The van der Waals surface area contributed by atoms with Crippen LogP contribution in [-0.2, 0) is 27.6 Å². The van der Waals surface area contributed by atoms with Gasteiger partial charge in [0.1, 0.15) is 19.8 Å². The molecule has 0 bridgehead atoms. The first-order valence-electron chi connectivity index (χ1n) is 18.7. The second kappa shape index (κ2) is 19.9. The Hall–Kier alpha value is -6.34. The number of β-lactam (4-membered cyclic amide) rings is 1. The van der Waals surface area contributed by atoms with Crippen LogP contribution in [-0.4, -0.2) is 82.4 Å². The highest BCUT2D eigenvalue weighted by molar-refractivity contribution is 6.13. The van der Waals surface area contributed by atoms with Crippen LogP contribution in [0.4, 0.5) is 10.1 Å². The number of carbonyl (C=O) groups is 3. The van der Waals surface area contributed by atoms with E-state index >= 15 is 4.39 Å². The Morgan fingerprint density at radius 2 is 1.49 bits per heavy atom. The molecule has 0 aliphatic carbocycles. The van der Waals surface area contributed by atoms with Crippen LogP contribution in [0.3, 0.4) is 0 Å². The van der Waals surface area contributed by atoms with Crippen molar-refractivity contribution in [2.45, 2.75) is 52.0 Å². The maximum Gasteiger partial charge on any atom is 0.373 e. The molecule has 4 aromatic carbocycles. The minimum Gasteiger partial charge on any atom is -0.485 e. The molecule has 2 heterocycles. The summed E-state index contributed by atoms with van der Waals surface area (Å²) in [4.78, 5) is 69.2. The SMILES string of the molecule is C[C@@H](O)[C@H]1C(=O)N2C(C(=O)c3ccc([N+](=O)[O-])cc3)=C(C[N+](C)(C)CCCC(=O)c3ccc(OCc4ccccc4)c(OCc4ccccc4)c3F)[C@H](C)[C@H]12.O=C=O.[CH3-]. The first kappa shape index (κ1) is 45.4. The number of Topliss-reactive ketones (excluding diaryl/α,β-unsaturated/α-hetero) is 2. The van der Waals surface area contributed by atoms with Crippen LogP contribution < -0.4 is 9.47 Å². The highest BCUT2D eigenvalue weighted by Crippen LogP contribution is 2.48. The summed E-state index contributed by atoms with van der Waals surface area (Å²) in [6.07, 6.45) is -0.219. The van der Waals surface area contributed by atoms with Crippen molar-refractivity contribution in [3.8, 4) is 11.5 Å². The number of allylic oxidation sites excluding steroid dienone is 1. The second-order valence-corrected chi connectivity index (χ2v) is 15.0. The van der Waals surface area contributed by atoms with Gasteiger partial charge in [0.25, 0.3) is 5.69 Å². The number of quaternary nitrogens is 1. The number of benzene rings is 4. The zero-order valence-corrected chi connectivity index (χ0v) is 33.6. The molecule has 2 aliphatic rings. The number of nitrogens with zero attached hydrogens (tertiary/aromatic N) is 3. The molecule has 6 rings (SSSR count). The molecule has 0 radical (unpaired) electrons. The van der Waals surface area contributed by atoms with Crippen LogP contribution in [0.5, 0.6) is 11.5 Å². The number of nitro groups is 1. The summed E-state index contributed by atoms with van der Waals surface area (Å²) in [5.41, 5.74) is 2.63. The monoisotopic (exact) mass is 809 g/mol. The van der Waals surface area contributed by atoms with Crippen LogP contribution in [0, 0.1) is 35.2 Å². The topological polar surface area (TPSA) is 170 Å². The van der Waals surface area contributed by atoms with Crippen molar-refractivity contribution >= 4 is 29.3 Å². The van der Waals surface area contributed by atoms with Crippen molar-refractivity contribution in [2.75, 3.05) is 27.2 Å². The number of rotatable bonds is 17. The fourth-order valence-corrected chi connectivity index (χ4v) is 7.55. The Morgan fingerprint density at radius 1 is 0.932 bits per heavy atom. The number of carbonyl (C=O) groups excluding carboxylic acids is 5. The number of ketones is 2. The zero-order chi connectivity index (χ0) is 42.1. The summed E-state index contributed by atoms with van der Waals surface area (Å²) >= 11 is 0. The smallest absolute Gasteiger partial charge is 0.373 e. The van der Waals surface area contributed by atoms with Gasteiger partial charge in [0, 0.05) is 42.0 Å². The normalized spacial score (nSPS) is 17.3. The third kappa shape index (κ3) is 10.4. The van der Waals surface area contributed by atoms with Crippen LogP contribution in [0.2, 0.25) is 0 Å². The van der Waals surface area contributed by atoms with Gasteiger partial charge >= 0.3 is 6.15 Å². The van der Waals surface area contributed by atoms with E-state index in [9.17, 15) is 29.6 Å². The largest absolute Gasteiger partial charge is 0.485 e. The molecule has 59 heavy (non-hydrogen) atoms. The molecular formula is C45H48FN3O10. The van der Waals surface area contributed by atoms with Crippen molar-refractivity contribution in [1.82, 2.24) is 4.90 Å². The first-order valence-corrected chi connectivity index (χ1v) is 18.7. The molecule has 1 saturated heterocycles. The lowest BCUT2D eigenvalue weighted by atomic mass is 9.77. The Kier molecular flexibility index (Phi) is 15.3. The van der Waals surface area contributed by atoms with Gasteiger partial charge in [-0.05, 0) is 42.3 Å². The molecule has 0 unspecified atom stereocenters. The number of fused-ring (bicyclic) bond motifs is 1. The Morgan fingerprint density at radius 3 is 2.03 bits per heavy atom. The third-order valence-corrected chi connectivity index (χ3v) is 10.5. The van der Waals surface area contributed by atoms with Crippen LogP contribution in [0.1, 0.15) is 58.5 Å². The van der Waals surface area contributed by atoms with Crippen molar-refractivity contribution in [2.24, 2.45) is 11.8 Å². The summed E-state index contributed by atoms with van der Waals surface area (Å²) in [5.74, 6) is -2.81. The highest BCUT2D eigenvalue weighted by Gasteiger charge is 2.60. The molecule has 0 aromatic heterocycles. The first-order chi connectivity index (χ1) is 27.7. The number of amides is 1. The molecule has 4 aromatic rings. The van der Waals surface area contributed by atoms with E-state index in [0.717, 1.165) is 16.7 Å². The van der Waals surface area contributed by atoms with Crippen molar-refractivity contribution in [1.29, 1.82) is 0 Å². The number of aliphatic hydroxyl groups is 1. The molecule has 13 nitrogen and oxygen atoms in total. The maximum absolute atomic E-state index is 16.2. The standard InChI is InChI=1S/C43H45FN3O8.CO2.CH3/c1-27-34(40(45-39(27)37(28(2)48)43(45)51)41(50)31-17-19-32(20-18-31)46(52)53)24-47(3,4)23-11-16-35(49)33-21-22-36(54-25-29-12-7-5-8-13-29)42(38(33)44)55-26-30-14-9-6-10-15-30;2-1-3;/h5-10,12-15,17-22,27-28,37,39,48H,11,16,23-26H2,1-4H3;;1H3/q+1;;-1/t27-,28+,37+,39+;;/m0../s1. The van der Waals surface area contributed by atoms with Gasteiger partial charge in [-0.2, -0.15) is 9.59 Å². The maximum atomic E-state index is 16.2. The molecule has 0 spiro atoms. The molecule has 1 N–H and O–H groups in total. The fourth-order valence-electron chi connectivity index (χ4n) is 7.55. The Labute approximate surface area is 342 Å². The predicted molar refractivity (Wildman–Crippen MR) is 214 cm³/mol. The zero-order valence-electron chi connectivity index (χ0n) is 33.6. The summed E-state index contributed by atoms with van der Waals surface area (Å²) in [5, 5.41) is 21.6. The predicted octanol–water partition coefficient (Wildman–Crippen LogP) is 6.79. The average molecular weight is 810 g/mol. The lowest BCUT2D eigenvalue weighted by Crippen LogP contribution is -2.63. The van der Waals surface area contributed by atoms with Gasteiger partial charge in [-0.15, -0.1) is 0 Å². The number of nitro benzene ring substituents is 1. The molecule has 1 fully saturated rings. The number of non-ortho nitro benzene ring substituents is 1. The molecule has 2 aliphatic heterocycles. The molecule has 1 amide bonds. The summed E-state index contributed by atoms with van der Waals surface area (Å²) in [6, 6.07) is 26.6. The minimum absolute atomic E-state index is 0. The second-order valence-electron chi connectivity index (χ2n) is 15.0. The van der Waals surface area contributed by atoms with Gasteiger partial charge in [0.15, 0.2) is 23.1 Å². The van der Waals surface area contributed by atoms with Gasteiger partial charge in [-0.1, -0.05) is 67.6 Å². The Balaban J connectivity index is 0.00000186. The van der Waals surface area contributed by atoms with E-state index in [2.05, 4.69) is 0 Å². The highest BCUT2D eigenvalue weighted by atomic mass is 19.1. The molecule has 4 atom stereocenters. The number of ether oxygens (including phenoxy) is 2. The van der Waals surface area contributed by atoms with E-state index in [0.29, 0.717) is 24.0 Å². The lowest BCUT2D eigenvalue weighted by molar-refractivity contribution is -0.886. The summed E-state index contributed by atoms with van der Waals surface area (Å²) in [7, 11) is 3.91. The number of likely N-dealkylation sites (N-methyl/N-ethyl adjacent to an activating group) is 1. The van der Waals surface area contributed by atoms with Crippen molar-refractivity contribution in [3.63, 3.8) is 0 Å². The fraction of sp³-hybridized carbons (Fsp3) is 0.311. The summed E-state index contributed by atoms with van der Waals surface area (Å²) < 4.78 is 28.4. The van der Waals surface area contributed by atoms with E-state index in [1.807, 2.05) is 81.7 Å². The van der Waals surface area contributed by atoms with E-state index in [1.54, 1.807) is 13.0 Å². The van der Waals surface area contributed by atoms with Gasteiger partial charge in [0.05, 0.1) is 54.9 Å². The van der Waals surface area contributed by atoms with Gasteiger partial charge in [-0.3, -0.25) is 24.5 Å². The van der Waals surface area contributed by atoms with E-state index < -0.39 is 40.4 Å². The van der Waals surface area contributed by atoms with E-state index in [1.165, 1.54) is 35.2 Å². The number of aliphatic hydroxyl groups excluding tert-OH is 1. The molecule has 310 valence electrons. The lowest BCUT2D eigenvalue weighted by Gasteiger charge is -2.46. The van der Waals surface area contributed by atoms with Crippen LogP contribution >= 0.6 is 0 Å². The number of hydrogen-bond acceptors (Lipinski definition) is 10. The van der Waals surface area contributed by atoms with Crippen LogP contribution in [0.25, 0.3) is 0 Å². The average Bonchev–Trinajstić information content (AvgIpc) is 3.43. The van der Waals surface area contributed by atoms with E-state index in [4.69, 9.17) is 19.1 Å². The van der Waals surface area contributed by atoms with Crippen molar-refractivity contribution in [3.05, 3.63) is 154 Å². The van der Waals surface area contributed by atoms with Gasteiger partial charge in [-0.25, -0.2) is 4.39 Å². The Bertz CT molecular complexity index is 2200. The molecule has 14 heteroatoms. The quantitative estimate of drug-likeness (QED) is 0.0299. The molecule has 0 saturated carbocycles. The van der Waals surface area contributed by atoms with E-state index in [-0.39, 0.29) is 79.0 Å². The third-order valence-electron chi connectivity index (χ3n) is 10.5. The number of hydrogen-bond donors (Lipinski definition) is 1. The summed E-state index contributed by atoms with van der Waals surface area (Å²) in [6.45, 7) is 4.60.